The van der Waals surface area contributed by atoms with Crippen molar-refractivity contribution < 1.29 is 34.4 Å². The molecule has 2 rings (SSSR count). The van der Waals surface area contributed by atoms with Crippen LogP contribution >= 0.6 is 22.6 Å². The number of ether oxygens (including phenoxy) is 2. The Bertz CT molecular complexity index is 966. The van der Waals surface area contributed by atoms with Crippen LogP contribution in [0, 0.1) is 9.49 Å². The zero-order valence-electron chi connectivity index (χ0n) is 21.8. The van der Waals surface area contributed by atoms with Crippen LogP contribution in [0.25, 0.3) is 0 Å². The number of carbonyl (C=O) groups excluding carboxylic acids is 2. The van der Waals surface area contributed by atoms with E-state index in [9.17, 15) is 19.8 Å². The highest BCUT2D eigenvalue weighted by Crippen LogP contribution is 2.37. The summed E-state index contributed by atoms with van der Waals surface area (Å²) in [6, 6.07) is 2.70. The number of aliphatic hydroxyl groups is 3. The molecule has 4 N–H and O–H groups in total. The highest BCUT2D eigenvalue weighted by Gasteiger charge is 2.40. The molecule has 1 aromatic rings. The van der Waals surface area contributed by atoms with Crippen LogP contribution < -0.4 is 14.8 Å². The van der Waals surface area contributed by atoms with E-state index in [0.29, 0.717) is 45.1 Å². The third-order valence-corrected chi connectivity index (χ3v) is 6.97. The maximum absolute atomic E-state index is 13.2. The highest BCUT2D eigenvalue weighted by molar-refractivity contribution is 14.1. The van der Waals surface area contributed by atoms with Crippen LogP contribution in [-0.4, -0.2) is 77.1 Å². The Morgan fingerprint density at radius 1 is 1.32 bits per heavy atom. The molecule has 1 aliphatic carbocycles. The number of nitrogens with one attached hydrogen (secondary N) is 1. The Labute approximate surface area is 232 Å². The molecule has 37 heavy (non-hydrogen) atoms. The molecule has 10 heteroatoms. The molecule has 0 aromatic heterocycles. The predicted octanol–water partition coefficient (Wildman–Crippen LogP) is 2.55. The number of carbonyl (C=O) groups is 2. The first-order valence-corrected chi connectivity index (χ1v) is 13.6. The third-order valence-electron chi connectivity index (χ3n) is 6.17. The fourth-order valence-electron chi connectivity index (χ4n) is 4.14. The standard InChI is InChI=1S/C27H39IN2O7/c1-5-6-7-24(33)30(10-8-17(2)3)21-14-19(27(35)29-9-11-31)15-22(25(21)34)37-26-20(28)12-18(16-32)13-23(26)36-4/h5,12-13,15,17,21-22,25,31-32,34H,1,6-11,14,16H2,2-4H3,(H,29,35)/t21-,22+,25+/m1/s1. The molecular weight excluding hydrogens is 591 g/mol. The van der Waals surface area contributed by atoms with E-state index in [0.717, 1.165) is 6.42 Å². The number of benzene rings is 1. The summed E-state index contributed by atoms with van der Waals surface area (Å²) in [5, 5.41) is 32.9. The van der Waals surface area contributed by atoms with Gasteiger partial charge in [-0.1, -0.05) is 19.9 Å². The highest BCUT2D eigenvalue weighted by atomic mass is 127. The van der Waals surface area contributed by atoms with Crippen LogP contribution in [0.4, 0.5) is 0 Å². The second-order valence-electron chi connectivity index (χ2n) is 9.38. The molecule has 0 unspecified atom stereocenters. The average molecular weight is 631 g/mol. The minimum atomic E-state index is -1.12. The predicted molar refractivity (Wildman–Crippen MR) is 149 cm³/mol. The summed E-state index contributed by atoms with van der Waals surface area (Å²) in [6.45, 7) is 7.96. The summed E-state index contributed by atoms with van der Waals surface area (Å²) < 4.78 is 12.4. The van der Waals surface area contributed by atoms with E-state index in [-0.39, 0.29) is 44.4 Å². The van der Waals surface area contributed by atoms with Gasteiger partial charge in [0.25, 0.3) is 0 Å². The van der Waals surface area contributed by atoms with Gasteiger partial charge in [-0.05, 0) is 65.1 Å². The van der Waals surface area contributed by atoms with Gasteiger partial charge in [0, 0.05) is 31.5 Å². The Morgan fingerprint density at radius 3 is 2.65 bits per heavy atom. The lowest BCUT2D eigenvalue weighted by Gasteiger charge is -2.41. The van der Waals surface area contributed by atoms with Gasteiger partial charge in [0.05, 0.1) is 29.9 Å². The van der Waals surface area contributed by atoms with E-state index >= 15 is 0 Å². The lowest BCUT2D eigenvalue weighted by Crippen LogP contribution is -2.55. The van der Waals surface area contributed by atoms with Gasteiger partial charge in [-0.2, -0.15) is 0 Å². The number of hydrogen-bond donors (Lipinski definition) is 4. The van der Waals surface area contributed by atoms with Crippen LogP contribution in [0.2, 0.25) is 0 Å². The summed E-state index contributed by atoms with van der Waals surface area (Å²) in [4.78, 5) is 27.8. The van der Waals surface area contributed by atoms with E-state index in [2.05, 4.69) is 48.3 Å². The van der Waals surface area contributed by atoms with Crippen molar-refractivity contribution in [1.29, 1.82) is 0 Å². The first kappa shape index (κ1) is 31.1. The van der Waals surface area contributed by atoms with Gasteiger partial charge < -0.3 is 35.0 Å². The van der Waals surface area contributed by atoms with Crippen molar-refractivity contribution in [3.63, 3.8) is 0 Å². The van der Waals surface area contributed by atoms with Gasteiger partial charge in [0.1, 0.15) is 12.2 Å². The third kappa shape index (κ3) is 8.69. The maximum atomic E-state index is 13.2. The molecule has 0 fully saturated rings. The monoisotopic (exact) mass is 630 g/mol. The molecule has 0 aliphatic heterocycles. The van der Waals surface area contributed by atoms with Crippen LogP contribution in [0.3, 0.4) is 0 Å². The number of hydrogen-bond acceptors (Lipinski definition) is 7. The van der Waals surface area contributed by atoms with Gasteiger partial charge >= 0.3 is 0 Å². The van der Waals surface area contributed by atoms with Gasteiger partial charge in [0.15, 0.2) is 11.5 Å². The minimum absolute atomic E-state index is 0.0819. The zero-order chi connectivity index (χ0) is 27.5. The summed E-state index contributed by atoms with van der Waals surface area (Å²) in [5.41, 5.74) is 1.00. The number of amides is 2. The molecule has 0 saturated heterocycles. The van der Waals surface area contributed by atoms with Gasteiger partial charge in [-0.25, -0.2) is 0 Å². The maximum Gasteiger partial charge on any atom is 0.247 e. The number of rotatable bonds is 14. The Balaban J connectivity index is 2.49. The number of nitrogens with zero attached hydrogens (tertiary/aromatic N) is 1. The topological polar surface area (TPSA) is 129 Å². The number of aliphatic hydroxyl groups excluding tert-OH is 3. The smallest absolute Gasteiger partial charge is 0.247 e. The molecule has 206 valence electrons. The van der Waals surface area contributed by atoms with Gasteiger partial charge in [0.2, 0.25) is 11.8 Å². The Hall–Kier alpha value is -2.15. The van der Waals surface area contributed by atoms with Crippen molar-refractivity contribution in [1.82, 2.24) is 10.2 Å². The lowest BCUT2D eigenvalue weighted by molar-refractivity contribution is -0.138. The summed E-state index contributed by atoms with van der Waals surface area (Å²) in [6.07, 6.45) is 2.81. The van der Waals surface area contributed by atoms with Crippen molar-refractivity contribution in [3.8, 4) is 11.5 Å². The SMILES string of the molecule is C=CCCC(=O)N(CCC(C)C)[C@@H]1CC(C(=O)NCCO)=C[C@H](Oc2c(I)cc(CO)cc2OC)[C@H]1O. The summed E-state index contributed by atoms with van der Waals surface area (Å²) in [7, 11) is 1.48. The molecule has 0 heterocycles. The van der Waals surface area contributed by atoms with Crippen molar-refractivity contribution >= 4 is 34.4 Å². The number of allylic oxidation sites excluding steroid dienone is 1. The van der Waals surface area contributed by atoms with Gasteiger partial charge in [-0.3, -0.25) is 9.59 Å². The van der Waals surface area contributed by atoms with Crippen molar-refractivity contribution in [3.05, 3.63) is 45.6 Å². The van der Waals surface area contributed by atoms with E-state index in [1.807, 2.05) is 0 Å². The first-order chi connectivity index (χ1) is 17.7. The van der Waals surface area contributed by atoms with E-state index in [4.69, 9.17) is 14.6 Å². The van der Waals surface area contributed by atoms with E-state index < -0.39 is 18.2 Å². The van der Waals surface area contributed by atoms with Crippen LogP contribution in [0.5, 0.6) is 11.5 Å². The number of methoxy groups -OCH3 is 1. The van der Waals surface area contributed by atoms with Crippen LogP contribution in [-0.2, 0) is 16.2 Å². The molecular formula is C27H39IN2O7. The normalized spacial score (nSPS) is 19.2. The molecule has 0 radical (unpaired) electrons. The zero-order valence-corrected chi connectivity index (χ0v) is 23.9. The summed E-state index contributed by atoms with van der Waals surface area (Å²) >= 11 is 2.06. The van der Waals surface area contributed by atoms with E-state index in [1.165, 1.54) is 7.11 Å². The fourth-order valence-corrected chi connectivity index (χ4v) is 4.93. The first-order valence-electron chi connectivity index (χ1n) is 12.5. The van der Waals surface area contributed by atoms with Crippen molar-refractivity contribution in [2.45, 2.75) is 64.4 Å². The molecule has 0 spiro atoms. The van der Waals surface area contributed by atoms with Crippen molar-refractivity contribution in [2.75, 3.05) is 26.8 Å². The summed E-state index contributed by atoms with van der Waals surface area (Å²) in [5.74, 6) is 0.562. The molecule has 2 amide bonds. The molecule has 9 nitrogen and oxygen atoms in total. The van der Waals surface area contributed by atoms with Crippen LogP contribution in [0.1, 0.15) is 45.1 Å². The molecule has 1 aromatic carbocycles. The molecule has 1 aliphatic rings. The lowest BCUT2D eigenvalue weighted by atomic mass is 9.87. The van der Waals surface area contributed by atoms with Crippen molar-refractivity contribution in [2.24, 2.45) is 5.92 Å². The fraction of sp³-hybridized carbons (Fsp3) is 0.556. The second kappa shape index (κ2) is 15.3. The second-order valence-corrected chi connectivity index (χ2v) is 10.5. The minimum Gasteiger partial charge on any atom is -0.493 e. The Morgan fingerprint density at radius 2 is 2.05 bits per heavy atom. The quantitative estimate of drug-likeness (QED) is 0.184. The molecule has 0 saturated carbocycles. The van der Waals surface area contributed by atoms with Crippen LogP contribution in [0.15, 0.2) is 36.4 Å². The average Bonchev–Trinajstić information content (AvgIpc) is 2.88. The number of halogens is 1. The van der Waals surface area contributed by atoms with E-state index in [1.54, 1.807) is 29.2 Å². The molecule has 3 atom stereocenters. The largest absolute Gasteiger partial charge is 0.493 e. The Kier molecular flexibility index (Phi) is 12.9. The van der Waals surface area contributed by atoms with Gasteiger partial charge in [-0.15, -0.1) is 6.58 Å². The molecule has 0 bridgehead atoms.